The Morgan fingerprint density at radius 3 is 2.68 bits per heavy atom. The minimum absolute atomic E-state index is 0.107. The number of rotatable bonds is 6. The first-order chi connectivity index (χ1) is 8.93. The van der Waals surface area contributed by atoms with Crippen LogP contribution >= 0.6 is 0 Å². The molecule has 0 fully saturated rings. The molecule has 4 N–H and O–H groups in total. The lowest BCUT2D eigenvalue weighted by Gasteiger charge is -2.12. The van der Waals surface area contributed by atoms with E-state index in [1.54, 1.807) is 25.3 Å². The third-order valence-corrected chi connectivity index (χ3v) is 2.67. The Hall–Kier alpha value is -2.08. The van der Waals surface area contributed by atoms with Crippen molar-refractivity contribution in [3.63, 3.8) is 0 Å². The minimum Gasteiger partial charge on any atom is -0.496 e. The maximum Gasteiger partial charge on any atom is 0.303 e. The number of carboxylic acids is 1. The van der Waals surface area contributed by atoms with Crippen molar-refractivity contribution in [3.05, 3.63) is 23.8 Å². The molecule has 0 aromatic heterocycles. The van der Waals surface area contributed by atoms with Crippen molar-refractivity contribution in [3.8, 4) is 5.75 Å². The van der Waals surface area contributed by atoms with Crippen molar-refractivity contribution in [1.82, 2.24) is 0 Å². The molecule has 1 aromatic rings. The molecular formula is C13H18N2O4. The first-order valence-electron chi connectivity index (χ1n) is 5.87. The van der Waals surface area contributed by atoms with Crippen LogP contribution in [0.5, 0.6) is 5.75 Å². The molecule has 0 radical (unpaired) electrons. The van der Waals surface area contributed by atoms with Gasteiger partial charge in [-0.2, -0.15) is 0 Å². The van der Waals surface area contributed by atoms with Crippen molar-refractivity contribution in [2.75, 3.05) is 12.4 Å². The number of amides is 1. The highest BCUT2D eigenvalue weighted by molar-refractivity contribution is 5.95. The summed E-state index contributed by atoms with van der Waals surface area (Å²) in [6.45, 7) is 1.86. The molecule has 19 heavy (non-hydrogen) atoms. The Morgan fingerprint density at radius 1 is 1.47 bits per heavy atom. The number of benzene rings is 1. The van der Waals surface area contributed by atoms with Crippen LogP contribution in [-0.2, 0) is 9.59 Å². The van der Waals surface area contributed by atoms with Crippen LogP contribution in [0.15, 0.2) is 18.2 Å². The number of nitrogens with one attached hydrogen (secondary N) is 1. The monoisotopic (exact) mass is 266 g/mol. The van der Waals surface area contributed by atoms with Crippen molar-refractivity contribution in [2.24, 2.45) is 5.73 Å². The molecule has 0 aliphatic rings. The molecule has 0 aliphatic heterocycles. The van der Waals surface area contributed by atoms with Gasteiger partial charge in [-0.25, -0.2) is 0 Å². The largest absolute Gasteiger partial charge is 0.496 e. The number of ether oxygens (including phenoxy) is 1. The van der Waals surface area contributed by atoms with Gasteiger partial charge in [0.1, 0.15) is 5.75 Å². The van der Waals surface area contributed by atoms with Crippen LogP contribution in [0.2, 0.25) is 0 Å². The molecule has 1 unspecified atom stereocenters. The highest BCUT2D eigenvalue weighted by Gasteiger charge is 2.15. The standard InChI is InChI=1S/C13H18N2O4/c1-8-7-9(3-5-11(8)19-2)15-13(18)10(14)4-6-12(16)17/h3,5,7,10H,4,6,14H2,1-2H3,(H,15,18)(H,16,17). The minimum atomic E-state index is -0.969. The van der Waals surface area contributed by atoms with Crippen LogP contribution in [0.3, 0.4) is 0 Å². The highest BCUT2D eigenvalue weighted by atomic mass is 16.5. The number of aliphatic carboxylic acids is 1. The van der Waals surface area contributed by atoms with E-state index >= 15 is 0 Å². The quantitative estimate of drug-likeness (QED) is 0.716. The summed E-state index contributed by atoms with van der Waals surface area (Å²) in [5, 5.41) is 11.2. The van der Waals surface area contributed by atoms with Gasteiger partial charge in [0, 0.05) is 12.1 Å². The number of carbonyl (C=O) groups is 2. The predicted molar refractivity (Wildman–Crippen MR) is 71.2 cm³/mol. The molecular weight excluding hydrogens is 248 g/mol. The van der Waals surface area contributed by atoms with Crippen LogP contribution in [-0.4, -0.2) is 30.1 Å². The molecule has 104 valence electrons. The van der Waals surface area contributed by atoms with Crippen LogP contribution in [0.25, 0.3) is 0 Å². The van der Waals surface area contributed by atoms with E-state index in [4.69, 9.17) is 15.6 Å². The Bertz CT molecular complexity index is 474. The fourth-order valence-corrected chi connectivity index (χ4v) is 1.60. The van der Waals surface area contributed by atoms with E-state index < -0.39 is 17.9 Å². The van der Waals surface area contributed by atoms with Crippen molar-refractivity contribution in [2.45, 2.75) is 25.8 Å². The van der Waals surface area contributed by atoms with Crippen LogP contribution in [0, 0.1) is 6.92 Å². The Kier molecular flexibility index (Phi) is 5.32. The van der Waals surface area contributed by atoms with Crippen LogP contribution in [0.1, 0.15) is 18.4 Å². The van der Waals surface area contributed by atoms with Crippen LogP contribution < -0.4 is 15.8 Å². The summed E-state index contributed by atoms with van der Waals surface area (Å²) in [6.07, 6.45) is -0.0213. The number of aryl methyl sites for hydroxylation is 1. The normalized spacial score (nSPS) is 11.7. The van der Waals surface area contributed by atoms with E-state index in [9.17, 15) is 9.59 Å². The van der Waals surface area contributed by atoms with E-state index in [0.717, 1.165) is 11.3 Å². The summed E-state index contributed by atoms with van der Waals surface area (Å²) < 4.78 is 5.11. The molecule has 0 saturated heterocycles. The number of methoxy groups -OCH3 is 1. The molecule has 0 bridgehead atoms. The third-order valence-electron chi connectivity index (χ3n) is 2.67. The number of anilines is 1. The molecule has 1 atom stereocenters. The van der Waals surface area contributed by atoms with E-state index in [1.807, 2.05) is 6.92 Å². The predicted octanol–water partition coefficient (Wildman–Crippen LogP) is 1.13. The number of nitrogens with two attached hydrogens (primary N) is 1. The van der Waals surface area contributed by atoms with Gasteiger partial charge in [-0.05, 0) is 37.1 Å². The molecule has 0 heterocycles. The van der Waals surface area contributed by atoms with E-state index in [1.165, 1.54) is 0 Å². The molecule has 0 saturated carbocycles. The van der Waals surface area contributed by atoms with E-state index in [2.05, 4.69) is 5.32 Å². The zero-order chi connectivity index (χ0) is 14.4. The van der Waals surface area contributed by atoms with E-state index in [0.29, 0.717) is 5.69 Å². The lowest BCUT2D eigenvalue weighted by molar-refractivity contribution is -0.137. The van der Waals surface area contributed by atoms with Crippen molar-refractivity contribution < 1.29 is 19.4 Å². The Morgan fingerprint density at radius 2 is 2.16 bits per heavy atom. The summed E-state index contributed by atoms with van der Waals surface area (Å²) in [5.41, 5.74) is 7.10. The lowest BCUT2D eigenvalue weighted by atomic mass is 10.1. The number of hydrogen-bond acceptors (Lipinski definition) is 4. The van der Waals surface area contributed by atoms with Gasteiger partial charge < -0.3 is 20.9 Å². The molecule has 0 spiro atoms. The fraction of sp³-hybridized carbons (Fsp3) is 0.385. The van der Waals surface area contributed by atoms with Gasteiger partial charge in [0.25, 0.3) is 0 Å². The molecule has 0 aliphatic carbocycles. The van der Waals surface area contributed by atoms with Gasteiger partial charge in [0.05, 0.1) is 13.2 Å². The third kappa shape index (κ3) is 4.59. The molecule has 1 aromatic carbocycles. The number of hydrogen-bond donors (Lipinski definition) is 3. The number of carboxylic acid groups (broad SMARTS) is 1. The van der Waals surface area contributed by atoms with Crippen LogP contribution in [0.4, 0.5) is 5.69 Å². The maximum absolute atomic E-state index is 11.7. The van der Waals surface area contributed by atoms with Gasteiger partial charge in [0.15, 0.2) is 0 Å². The molecule has 6 nitrogen and oxygen atoms in total. The summed E-state index contributed by atoms with van der Waals surface area (Å²) in [7, 11) is 1.57. The average Bonchev–Trinajstić information content (AvgIpc) is 2.36. The lowest BCUT2D eigenvalue weighted by Crippen LogP contribution is -2.36. The van der Waals surface area contributed by atoms with Gasteiger partial charge in [-0.3, -0.25) is 9.59 Å². The van der Waals surface area contributed by atoms with Crippen molar-refractivity contribution in [1.29, 1.82) is 0 Å². The Balaban J connectivity index is 2.61. The van der Waals surface area contributed by atoms with Gasteiger partial charge in [-0.15, -0.1) is 0 Å². The molecule has 1 rings (SSSR count). The fourth-order valence-electron chi connectivity index (χ4n) is 1.60. The first kappa shape index (κ1) is 15.0. The van der Waals surface area contributed by atoms with E-state index in [-0.39, 0.29) is 12.8 Å². The second kappa shape index (κ2) is 6.75. The zero-order valence-corrected chi connectivity index (χ0v) is 11.0. The molecule has 1 amide bonds. The van der Waals surface area contributed by atoms with Gasteiger partial charge in [-0.1, -0.05) is 0 Å². The number of carbonyl (C=O) groups excluding carboxylic acids is 1. The Labute approximate surface area is 111 Å². The average molecular weight is 266 g/mol. The summed E-state index contributed by atoms with van der Waals surface area (Å²) >= 11 is 0. The van der Waals surface area contributed by atoms with Gasteiger partial charge >= 0.3 is 5.97 Å². The zero-order valence-electron chi connectivity index (χ0n) is 11.0. The highest BCUT2D eigenvalue weighted by Crippen LogP contribution is 2.21. The summed E-state index contributed by atoms with van der Waals surface area (Å²) in [4.78, 5) is 22.1. The maximum atomic E-state index is 11.7. The van der Waals surface area contributed by atoms with Gasteiger partial charge in [0.2, 0.25) is 5.91 Å². The first-order valence-corrected chi connectivity index (χ1v) is 5.87. The van der Waals surface area contributed by atoms with Crippen molar-refractivity contribution >= 4 is 17.6 Å². The SMILES string of the molecule is COc1ccc(NC(=O)C(N)CCC(=O)O)cc1C. The second-order valence-corrected chi connectivity index (χ2v) is 4.21. The second-order valence-electron chi connectivity index (χ2n) is 4.21. The summed E-state index contributed by atoms with van der Waals surface area (Å²) in [5.74, 6) is -0.637. The molecule has 6 heteroatoms. The topological polar surface area (TPSA) is 102 Å². The smallest absolute Gasteiger partial charge is 0.303 e. The summed E-state index contributed by atoms with van der Waals surface area (Å²) in [6, 6.07) is 4.38.